The molecule has 1 aromatic carbocycles. The van der Waals surface area contributed by atoms with Crippen molar-refractivity contribution in [2.75, 3.05) is 18.5 Å². The number of carbonyl (C=O) groups is 1. The lowest BCUT2D eigenvalue weighted by atomic mass is 10.3. The van der Waals surface area contributed by atoms with Gasteiger partial charge in [-0.15, -0.1) is 0 Å². The summed E-state index contributed by atoms with van der Waals surface area (Å²) in [5.74, 6) is -0.713. The molecule has 1 amide bonds. The number of ether oxygens (including phenoxy) is 1. The third-order valence-electron chi connectivity index (χ3n) is 3.29. The van der Waals surface area contributed by atoms with E-state index in [4.69, 9.17) is 33.7 Å². The van der Waals surface area contributed by atoms with Crippen LogP contribution in [0.5, 0.6) is 0 Å². The molecule has 1 aliphatic heterocycles. The zero-order valence-corrected chi connectivity index (χ0v) is 15.7. The molecule has 150 valence electrons. The van der Waals surface area contributed by atoms with E-state index in [1.807, 2.05) is 0 Å². The number of anilines is 1. The van der Waals surface area contributed by atoms with E-state index in [9.17, 15) is 18.0 Å². The number of amidine groups is 1. The standard InChI is InChI=1S/C12H7Cl2FN2O.C5H8F2N2O/c13-7-5-10(14)11(16-6-7)12(18)17-9-3-1-8(15)2-4-9;6-5(7)3-1-10-2-4(8)9-3/h1-6H,(H,17,18);3,5H,1-2H2,(H2,8,9). The lowest BCUT2D eigenvalue weighted by molar-refractivity contribution is 0.0505. The first kappa shape index (κ1) is 21.9. The third kappa shape index (κ3) is 6.66. The fourth-order valence-corrected chi connectivity index (χ4v) is 2.47. The number of hydrogen-bond donors (Lipinski definition) is 2. The predicted molar refractivity (Wildman–Crippen MR) is 101 cm³/mol. The zero-order chi connectivity index (χ0) is 20.7. The molecule has 28 heavy (non-hydrogen) atoms. The fourth-order valence-electron chi connectivity index (χ4n) is 2.01. The van der Waals surface area contributed by atoms with E-state index < -0.39 is 18.4 Å². The number of hydrogen-bond acceptors (Lipinski definition) is 5. The lowest BCUT2D eigenvalue weighted by Gasteiger charge is -2.17. The number of nitrogens with zero attached hydrogens (tertiary/aromatic N) is 2. The second-order valence-electron chi connectivity index (χ2n) is 5.48. The van der Waals surface area contributed by atoms with Crippen molar-refractivity contribution in [3.63, 3.8) is 0 Å². The van der Waals surface area contributed by atoms with Gasteiger partial charge in [0.25, 0.3) is 12.3 Å². The molecular formula is C17H15Cl2F3N4O2. The number of carbonyl (C=O) groups excluding carboxylic acids is 1. The van der Waals surface area contributed by atoms with Crippen LogP contribution in [0.2, 0.25) is 10.0 Å². The highest BCUT2D eigenvalue weighted by molar-refractivity contribution is 6.36. The summed E-state index contributed by atoms with van der Waals surface area (Å²) in [5, 5.41) is 3.05. The summed E-state index contributed by atoms with van der Waals surface area (Å²) in [6.45, 7) is 0.140. The molecule has 1 aliphatic rings. The van der Waals surface area contributed by atoms with E-state index in [0.717, 1.165) is 0 Å². The van der Waals surface area contributed by atoms with Crippen LogP contribution >= 0.6 is 23.2 Å². The zero-order valence-electron chi connectivity index (χ0n) is 14.2. The van der Waals surface area contributed by atoms with Crippen LogP contribution in [0.25, 0.3) is 0 Å². The van der Waals surface area contributed by atoms with Crippen LogP contribution < -0.4 is 11.1 Å². The van der Waals surface area contributed by atoms with Crippen LogP contribution in [0.3, 0.4) is 0 Å². The van der Waals surface area contributed by atoms with Gasteiger partial charge >= 0.3 is 0 Å². The minimum atomic E-state index is -2.47. The number of aromatic nitrogens is 1. The molecule has 1 unspecified atom stereocenters. The fraction of sp³-hybridized carbons (Fsp3) is 0.235. The van der Waals surface area contributed by atoms with Crippen molar-refractivity contribution in [3.8, 4) is 0 Å². The maximum Gasteiger partial charge on any atom is 0.275 e. The van der Waals surface area contributed by atoms with Gasteiger partial charge in [0.15, 0.2) is 0 Å². The van der Waals surface area contributed by atoms with Gasteiger partial charge < -0.3 is 15.8 Å². The Balaban J connectivity index is 0.000000237. The minimum Gasteiger partial charge on any atom is -0.386 e. The molecule has 0 aliphatic carbocycles. The van der Waals surface area contributed by atoms with Crippen molar-refractivity contribution in [2.45, 2.75) is 12.5 Å². The molecule has 11 heteroatoms. The summed E-state index contributed by atoms with van der Waals surface area (Å²) in [6, 6.07) is 5.73. The highest BCUT2D eigenvalue weighted by Gasteiger charge is 2.22. The number of halogens is 5. The predicted octanol–water partition coefficient (Wildman–Crippen LogP) is 3.79. The number of rotatable bonds is 3. The Morgan fingerprint density at radius 3 is 2.50 bits per heavy atom. The third-order valence-corrected chi connectivity index (χ3v) is 3.78. The Kier molecular flexibility index (Phi) is 8.04. The van der Waals surface area contributed by atoms with Gasteiger partial charge in [0.1, 0.15) is 30.0 Å². The molecule has 2 heterocycles. The van der Waals surface area contributed by atoms with Gasteiger partial charge in [0.2, 0.25) is 0 Å². The van der Waals surface area contributed by atoms with Gasteiger partial charge in [0.05, 0.1) is 16.7 Å². The summed E-state index contributed by atoms with van der Waals surface area (Å²) < 4.78 is 41.1. The van der Waals surface area contributed by atoms with Crippen LogP contribution in [-0.2, 0) is 4.74 Å². The average molecular weight is 435 g/mol. The smallest absolute Gasteiger partial charge is 0.275 e. The summed E-state index contributed by atoms with van der Waals surface area (Å²) >= 11 is 11.5. The van der Waals surface area contributed by atoms with Crippen molar-refractivity contribution >= 4 is 40.6 Å². The first-order valence-corrected chi connectivity index (χ1v) is 8.58. The van der Waals surface area contributed by atoms with E-state index in [-0.39, 0.29) is 35.6 Å². The molecule has 1 aromatic heterocycles. The van der Waals surface area contributed by atoms with Crippen LogP contribution in [0.15, 0.2) is 41.5 Å². The number of nitrogens with two attached hydrogens (primary N) is 1. The van der Waals surface area contributed by atoms with Gasteiger partial charge in [-0.25, -0.2) is 18.2 Å². The van der Waals surface area contributed by atoms with E-state index in [1.165, 1.54) is 36.5 Å². The number of pyridine rings is 1. The second-order valence-corrected chi connectivity index (χ2v) is 6.33. The van der Waals surface area contributed by atoms with Gasteiger partial charge in [-0.1, -0.05) is 23.2 Å². The van der Waals surface area contributed by atoms with Crippen LogP contribution in [-0.4, -0.2) is 42.4 Å². The SMILES string of the molecule is NC1=NC(C(F)F)COC1.O=C(Nc1ccc(F)cc1)c1ncc(Cl)cc1Cl. The van der Waals surface area contributed by atoms with Crippen LogP contribution in [0.4, 0.5) is 18.9 Å². The van der Waals surface area contributed by atoms with Gasteiger partial charge in [-0.05, 0) is 30.3 Å². The highest BCUT2D eigenvalue weighted by Crippen LogP contribution is 2.19. The van der Waals surface area contributed by atoms with E-state index in [1.54, 1.807) is 0 Å². The van der Waals surface area contributed by atoms with Gasteiger partial charge in [-0.3, -0.25) is 9.79 Å². The highest BCUT2D eigenvalue weighted by atomic mass is 35.5. The molecule has 2 aromatic rings. The summed E-state index contributed by atoms with van der Waals surface area (Å²) in [6.07, 6.45) is -1.15. The molecule has 0 saturated heterocycles. The number of amides is 1. The second kappa shape index (κ2) is 10.3. The maximum absolute atomic E-state index is 12.7. The molecule has 0 fully saturated rings. The van der Waals surface area contributed by atoms with Crippen molar-refractivity contribution in [3.05, 3.63) is 58.1 Å². The van der Waals surface area contributed by atoms with E-state index in [2.05, 4.69) is 15.3 Å². The van der Waals surface area contributed by atoms with Crippen molar-refractivity contribution in [2.24, 2.45) is 10.7 Å². The quantitative estimate of drug-likeness (QED) is 0.768. The number of aliphatic imine (C=N–C) groups is 1. The molecule has 3 N–H and O–H groups in total. The molecule has 3 rings (SSSR count). The van der Waals surface area contributed by atoms with E-state index in [0.29, 0.717) is 10.7 Å². The van der Waals surface area contributed by atoms with Crippen LogP contribution in [0.1, 0.15) is 10.5 Å². The average Bonchev–Trinajstić information content (AvgIpc) is 2.64. The molecule has 6 nitrogen and oxygen atoms in total. The Labute approximate surface area is 168 Å². The topological polar surface area (TPSA) is 89.6 Å². The minimum absolute atomic E-state index is 0.0294. The molecule has 1 atom stereocenters. The Hall–Kier alpha value is -2.36. The summed E-state index contributed by atoms with van der Waals surface area (Å²) in [7, 11) is 0. The van der Waals surface area contributed by atoms with Gasteiger partial charge in [-0.2, -0.15) is 0 Å². The monoisotopic (exact) mass is 434 g/mol. The largest absolute Gasteiger partial charge is 0.386 e. The first-order chi connectivity index (χ1) is 13.3. The first-order valence-electron chi connectivity index (χ1n) is 7.82. The number of benzene rings is 1. The van der Waals surface area contributed by atoms with E-state index >= 15 is 0 Å². The summed E-state index contributed by atoms with van der Waals surface area (Å²) in [4.78, 5) is 19.2. The van der Waals surface area contributed by atoms with Gasteiger partial charge in [0, 0.05) is 11.9 Å². The maximum atomic E-state index is 12.7. The van der Waals surface area contributed by atoms with Crippen LogP contribution in [0, 0.1) is 5.82 Å². The molecule has 0 spiro atoms. The number of nitrogens with one attached hydrogen (secondary N) is 1. The van der Waals surface area contributed by atoms with Crippen molar-refractivity contribution in [1.29, 1.82) is 0 Å². The van der Waals surface area contributed by atoms with Crippen molar-refractivity contribution in [1.82, 2.24) is 4.98 Å². The lowest BCUT2D eigenvalue weighted by Crippen LogP contribution is -2.34. The molecule has 0 saturated carbocycles. The van der Waals surface area contributed by atoms with Crippen molar-refractivity contribution < 1.29 is 22.7 Å². The Morgan fingerprint density at radius 2 is 1.96 bits per heavy atom. The number of alkyl halides is 2. The summed E-state index contributed by atoms with van der Waals surface area (Å²) in [5.41, 5.74) is 5.67. The molecule has 0 bridgehead atoms. The Bertz CT molecular complexity index is 851. The molecular weight excluding hydrogens is 420 g/mol. The Morgan fingerprint density at radius 1 is 1.29 bits per heavy atom. The molecule has 0 radical (unpaired) electrons. The normalized spacial score (nSPS) is 16.1.